The number of aliphatic hydroxyl groups is 1. The highest BCUT2D eigenvalue weighted by atomic mass is 16.2. The van der Waals surface area contributed by atoms with Gasteiger partial charge in [-0.15, -0.1) is 0 Å². The minimum Gasteiger partial charge on any atom is -0.384 e. The number of carbonyl (C=O) groups is 1. The number of nitrogens with zero attached hydrogens (tertiary/aromatic N) is 1. The molecule has 0 bridgehead atoms. The Balaban J connectivity index is 2.03. The number of nitrogens with one attached hydrogen (secondary N) is 1. The van der Waals surface area contributed by atoms with Crippen molar-refractivity contribution in [1.82, 2.24) is 4.98 Å². The molecule has 88 valence electrons. The largest absolute Gasteiger partial charge is 0.384 e. The van der Waals surface area contributed by atoms with E-state index >= 15 is 0 Å². The summed E-state index contributed by atoms with van der Waals surface area (Å²) in [6.07, 6.45) is 2.54. The van der Waals surface area contributed by atoms with E-state index in [1.165, 1.54) is 0 Å². The van der Waals surface area contributed by atoms with Crippen molar-refractivity contribution in [2.75, 3.05) is 11.9 Å². The summed E-state index contributed by atoms with van der Waals surface area (Å²) in [4.78, 5) is 15.7. The van der Waals surface area contributed by atoms with E-state index in [0.717, 1.165) is 12.0 Å². The van der Waals surface area contributed by atoms with Gasteiger partial charge in [0.1, 0.15) is 12.4 Å². The van der Waals surface area contributed by atoms with Crippen LogP contribution in [0.25, 0.3) is 0 Å². The fourth-order valence-electron chi connectivity index (χ4n) is 1.62. The highest BCUT2D eigenvalue weighted by Crippen LogP contribution is 2.38. The second-order valence-electron chi connectivity index (χ2n) is 4.20. The molecule has 4 nitrogen and oxygen atoms in total. The van der Waals surface area contributed by atoms with Crippen LogP contribution in [0.15, 0.2) is 18.3 Å². The van der Waals surface area contributed by atoms with E-state index < -0.39 is 0 Å². The fraction of sp³-hybridized carbons (Fsp3) is 0.385. The van der Waals surface area contributed by atoms with Crippen LogP contribution >= 0.6 is 0 Å². The van der Waals surface area contributed by atoms with Gasteiger partial charge in [0.2, 0.25) is 5.91 Å². The summed E-state index contributed by atoms with van der Waals surface area (Å²) < 4.78 is 0. The number of aromatic nitrogens is 1. The molecule has 4 heteroatoms. The Morgan fingerprint density at radius 1 is 1.71 bits per heavy atom. The molecule has 2 N–H and O–H groups in total. The lowest BCUT2D eigenvalue weighted by molar-refractivity contribution is -0.117. The molecule has 1 aromatic heterocycles. The summed E-state index contributed by atoms with van der Waals surface area (Å²) in [5, 5.41) is 11.4. The lowest BCUT2D eigenvalue weighted by Gasteiger charge is -2.03. The average molecular weight is 230 g/mol. The van der Waals surface area contributed by atoms with Crippen LogP contribution < -0.4 is 5.32 Å². The second kappa shape index (κ2) is 4.98. The molecular weight excluding hydrogens is 216 g/mol. The number of hydrogen-bond donors (Lipinski definition) is 2. The summed E-state index contributed by atoms with van der Waals surface area (Å²) in [5.74, 6) is 6.47. The van der Waals surface area contributed by atoms with Crippen LogP contribution in [0.3, 0.4) is 0 Å². The maximum atomic E-state index is 11.7. The molecule has 1 amide bonds. The third-order valence-corrected chi connectivity index (χ3v) is 2.77. The molecule has 0 aromatic carbocycles. The Morgan fingerprint density at radius 2 is 2.47 bits per heavy atom. The average Bonchev–Trinajstić information content (AvgIpc) is 3.04. The maximum Gasteiger partial charge on any atom is 0.228 e. The van der Waals surface area contributed by atoms with Gasteiger partial charge < -0.3 is 10.4 Å². The van der Waals surface area contributed by atoms with E-state index in [2.05, 4.69) is 29.1 Å². The number of carbonyl (C=O) groups excluding carboxylic acids is 1. The van der Waals surface area contributed by atoms with E-state index in [1.807, 2.05) is 0 Å². The van der Waals surface area contributed by atoms with Crippen LogP contribution in [0.1, 0.15) is 18.9 Å². The molecule has 1 saturated carbocycles. The predicted molar refractivity (Wildman–Crippen MR) is 64.1 cm³/mol. The SMILES string of the molecule is CC1CC1C(=O)Nc1cc(C#CCO)ccn1. The number of pyridine rings is 1. The van der Waals surface area contributed by atoms with Crippen LogP contribution in [0.5, 0.6) is 0 Å². The first kappa shape index (κ1) is 11.6. The third kappa shape index (κ3) is 3.05. The van der Waals surface area contributed by atoms with Crippen LogP contribution in [0.2, 0.25) is 0 Å². The van der Waals surface area contributed by atoms with Gasteiger partial charge in [-0.1, -0.05) is 18.8 Å². The fourth-order valence-corrected chi connectivity index (χ4v) is 1.62. The molecule has 1 fully saturated rings. The molecule has 1 aliphatic carbocycles. The van der Waals surface area contributed by atoms with Crippen LogP contribution in [-0.2, 0) is 4.79 Å². The molecule has 0 aliphatic heterocycles. The first-order chi connectivity index (χ1) is 8.20. The van der Waals surface area contributed by atoms with Gasteiger partial charge >= 0.3 is 0 Å². The molecular formula is C13H14N2O2. The highest BCUT2D eigenvalue weighted by molar-refractivity contribution is 5.93. The summed E-state index contributed by atoms with van der Waals surface area (Å²) in [6.45, 7) is 1.88. The minimum atomic E-state index is -0.177. The highest BCUT2D eigenvalue weighted by Gasteiger charge is 2.39. The zero-order valence-electron chi connectivity index (χ0n) is 9.60. The zero-order valence-corrected chi connectivity index (χ0v) is 9.60. The first-order valence-corrected chi connectivity index (χ1v) is 5.57. The van der Waals surface area contributed by atoms with Crippen molar-refractivity contribution in [3.63, 3.8) is 0 Å². The van der Waals surface area contributed by atoms with Gasteiger partial charge in [-0.05, 0) is 24.5 Å². The van der Waals surface area contributed by atoms with Gasteiger partial charge in [0.25, 0.3) is 0 Å². The summed E-state index contributed by atoms with van der Waals surface area (Å²) >= 11 is 0. The Morgan fingerprint density at radius 3 is 3.12 bits per heavy atom. The zero-order chi connectivity index (χ0) is 12.3. The number of aliphatic hydroxyl groups excluding tert-OH is 1. The Kier molecular flexibility index (Phi) is 3.40. The van der Waals surface area contributed by atoms with Crippen LogP contribution in [0, 0.1) is 23.7 Å². The Hall–Kier alpha value is -1.86. The van der Waals surface area contributed by atoms with Gasteiger partial charge in [0, 0.05) is 17.7 Å². The van der Waals surface area contributed by atoms with E-state index in [4.69, 9.17) is 5.11 Å². The summed E-state index contributed by atoms with van der Waals surface area (Å²) in [5.41, 5.74) is 0.730. The van der Waals surface area contributed by atoms with Gasteiger partial charge in [-0.2, -0.15) is 0 Å². The summed E-state index contributed by atoms with van der Waals surface area (Å²) in [7, 11) is 0. The van der Waals surface area contributed by atoms with Crippen molar-refractivity contribution in [3.8, 4) is 11.8 Å². The molecule has 1 aliphatic rings. The van der Waals surface area contributed by atoms with Crippen LogP contribution in [0.4, 0.5) is 5.82 Å². The molecule has 1 heterocycles. The quantitative estimate of drug-likeness (QED) is 0.746. The molecule has 17 heavy (non-hydrogen) atoms. The topological polar surface area (TPSA) is 62.2 Å². The monoisotopic (exact) mass is 230 g/mol. The number of hydrogen-bond acceptors (Lipinski definition) is 3. The maximum absolute atomic E-state index is 11.7. The van der Waals surface area contributed by atoms with Gasteiger partial charge in [0.05, 0.1) is 0 Å². The molecule has 0 saturated heterocycles. The summed E-state index contributed by atoms with van der Waals surface area (Å²) in [6, 6.07) is 3.44. The van der Waals surface area contributed by atoms with Crippen molar-refractivity contribution in [1.29, 1.82) is 0 Å². The van der Waals surface area contributed by atoms with E-state index in [9.17, 15) is 4.79 Å². The van der Waals surface area contributed by atoms with Crippen molar-refractivity contribution in [2.45, 2.75) is 13.3 Å². The standard InChI is InChI=1S/C13H14N2O2/c1-9-7-11(9)13(17)15-12-8-10(3-2-6-16)4-5-14-12/h4-5,8-9,11,16H,6-7H2,1H3,(H,14,15,17). The Bertz CT molecular complexity index is 488. The molecule has 2 unspecified atom stereocenters. The number of anilines is 1. The lowest BCUT2D eigenvalue weighted by Crippen LogP contribution is -2.15. The second-order valence-corrected chi connectivity index (χ2v) is 4.20. The van der Waals surface area contributed by atoms with Gasteiger partial charge in [-0.25, -0.2) is 4.98 Å². The molecule has 2 atom stereocenters. The van der Waals surface area contributed by atoms with Crippen molar-refractivity contribution >= 4 is 11.7 Å². The van der Waals surface area contributed by atoms with E-state index in [1.54, 1.807) is 18.3 Å². The lowest BCUT2D eigenvalue weighted by atomic mass is 10.2. The van der Waals surface area contributed by atoms with Crippen molar-refractivity contribution < 1.29 is 9.90 Å². The molecule has 0 spiro atoms. The third-order valence-electron chi connectivity index (χ3n) is 2.77. The van der Waals surface area contributed by atoms with Crippen molar-refractivity contribution in [3.05, 3.63) is 23.9 Å². The predicted octanol–water partition coefficient (Wildman–Crippen LogP) is 1.02. The van der Waals surface area contributed by atoms with E-state index in [0.29, 0.717) is 11.7 Å². The Labute approximate surface area is 100 Å². The molecule has 2 rings (SSSR count). The smallest absolute Gasteiger partial charge is 0.228 e. The normalized spacial score (nSPS) is 21.3. The van der Waals surface area contributed by atoms with Gasteiger partial charge in [-0.3, -0.25) is 4.79 Å². The molecule has 1 aromatic rings. The molecule has 0 radical (unpaired) electrons. The first-order valence-electron chi connectivity index (χ1n) is 5.57. The number of amides is 1. The van der Waals surface area contributed by atoms with Gasteiger partial charge in [0.15, 0.2) is 0 Å². The van der Waals surface area contributed by atoms with Crippen molar-refractivity contribution in [2.24, 2.45) is 11.8 Å². The number of rotatable bonds is 2. The van der Waals surface area contributed by atoms with E-state index in [-0.39, 0.29) is 18.4 Å². The minimum absolute atomic E-state index is 0.0252. The van der Waals surface area contributed by atoms with Crippen LogP contribution in [-0.4, -0.2) is 22.6 Å².